The predicted molar refractivity (Wildman–Crippen MR) is 100 cm³/mol. The minimum atomic E-state index is -1.20. The Kier molecular flexibility index (Phi) is 5.40. The fourth-order valence-corrected chi connectivity index (χ4v) is 3.01. The first-order valence-corrected chi connectivity index (χ1v) is 8.75. The highest BCUT2D eigenvalue weighted by atomic mass is 16.4. The minimum Gasteiger partial charge on any atom is -0.479 e. The molecular formula is C20H22N4O3. The summed E-state index contributed by atoms with van der Waals surface area (Å²) in [6.45, 7) is 1.95. The van der Waals surface area contributed by atoms with Crippen LogP contribution in [0.15, 0.2) is 48.7 Å². The maximum atomic E-state index is 12.8. The summed E-state index contributed by atoms with van der Waals surface area (Å²) in [4.78, 5) is 27.6. The number of carboxylic acid groups (broad SMARTS) is 1. The number of carboxylic acids is 1. The van der Waals surface area contributed by atoms with Gasteiger partial charge >= 0.3 is 5.97 Å². The maximum absolute atomic E-state index is 12.8. The van der Waals surface area contributed by atoms with Crippen molar-refractivity contribution >= 4 is 11.9 Å². The van der Waals surface area contributed by atoms with Gasteiger partial charge in [-0.2, -0.15) is 5.10 Å². The zero-order valence-electron chi connectivity index (χ0n) is 15.3. The highest BCUT2D eigenvalue weighted by Gasteiger charge is 2.26. The average Bonchev–Trinajstić information content (AvgIpc) is 3.26. The standard InChI is InChI=1S/C20H22N4O3/c1-3-16-15(12-14(21-16)11-13-7-5-4-6-8-13)19(25)22-18(20(26)27)17-9-10-24(2)23-17/h4-10,12,18,21H,3,11H2,1-2H3,(H,22,25)(H,26,27). The van der Waals surface area contributed by atoms with Crippen LogP contribution in [0.5, 0.6) is 0 Å². The number of benzene rings is 1. The summed E-state index contributed by atoms with van der Waals surface area (Å²) < 4.78 is 1.50. The number of hydrogen-bond donors (Lipinski definition) is 3. The van der Waals surface area contributed by atoms with E-state index in [-0.39, 0.29) is 5.69 Å². The van der Waals surface area contributed by atoms with Crippen LogP contribution < -0.4 is 5.32 Å². The lowest BCUT2D eigenvalue weighted by Crippen LogP contribution is -2.34. The first kappa shape index (κ1) is 18.4. The molecule has 3 aromatic rings. The monoisotopic (exact) mass is 366 g/mol. The number of aromatic amines is 1. The molecule has 140 valence electrons. The summed E-state index contributed by atoms with van der Waals surface area (Å²) in [6.07, 6.45) is 2.95. The number of hydrogen-bond acceptors (Lipinski definition) is 3. The van der Waals surface area contributed by atoms with Crippen molar-refractivity contribution in [1.82, 2.24) is 20.1 Å². The minimum absolute atomic E-state index is 0.288. The summed E-state index contributed by atoms with van der Waals surface area (Å²) in [5, 5.41) is 16.2. The first-order chi connectivity index (χ1) is 13.0. The van der Waals surface area contributed by atoms with Crippen molar-refractivity contribution in [3.8, 4) is 0 Å². The summed E-state index contributed by atoms with van der Waals surface area (Å²) >= 11 is 0. The molecule has 1 unspecified atom stereocenters. The third-order valence-electron chi connectivity index (χ3n) is 4.34. The topological polar surface area (TPSA) is 100 Å². The van der Waals surface area contributed by atoms with Crippen LogP contribution in [0.1, 0.15) is 46.0 Å². The number of nitrogens with zero attached hydrogens (tertiary/aromatic N) is 2. The second kappa shape index (κ2) is 7.90. The van der Waals surface area contributed by atoms with Crippen molar-refractivity contribution in [2.45, 2.75) is 25.8 Å². The van der Waals surface area contributed by atoms with E-state index in [1.807, 2.05) is 37.3 Å². The van der Waals surface area contributed by atoms with Gasteiger partial charge in [-0.25, -0.2) is 4.79 Å². The fraction of sp³-hybridized carbons (Fsp3) is 0.250. The van der Waals surface area contributed by atoms with Gasteiger partial charge in [-0.15, -0.1) is 0 Å². The SMILES string of the molecule is CCc1[nH]c(Cc2ccccc2)cc1C(=O)NC(C(=O)O)c1ccn(C)n1. The highest BCUT2D eigenvalue weighted by molar-refractivity contribution is 5.98. The van der Waals surface area contributed by atoms with Crippen LogP contribution in [0.3, 0.4) is 0 Å². The third-order valence-corrected chi connectivity index (χ3v) is 4.34. The van der Waals surface area contributed by atoms with E-state index in [4.69, 9.17) is 0 Å². The molecule has 3 N–H and O–H groups in total. The van der Waals surface area contributed by atoms with Crippen molar-refractivity contribution in [1.29, 1.82) is 0 Å². The number of aryl methyl sites for hydroxylation is 2. The molecule has 0 fully saturated rings. The highest BCUT2D eigenvalue weighted by Crippen LogP contribution is 2.18. The van der Waals surface area contributed by atoms with Crippen molar-refractivity contribution in [2.75, 3.05) is 0 Å². The van der Waals surface area contributed by atoms with Crippen LogP contribution >= 0.6 is 0 Å². The van der Waals surface area contributed by atoms with E-state index < -0.39 is 17.9 Å². The molecule has 2 aromatic heterocycles. The van der Waals surface area contributed by atoms with E-state index in [0.29, 0.717) is 18.4 Å². The molecule has 0 radical (unpaired) electrons. The Morgan fingerprint density at radius 1 is 1.26 bits per heavy atom. The van der Waals surface area contributed by atoms with E-state index in [1.54, 1.807) is 25.4 Å². The maximum Gasteiger partial charge on any atom is 0.332 e. The molecule has 0 aliphatic rings. The Morgan fingerprint density at radius 3 is 2.59 bits per heavy atom. The van der Waals surface area contributed by atoms with Crippen molar-refractivity contribution in [3.63, 3.8) is 0 Å². The second-order valence-electron chi connectivity index (χ2n) is 6.36. The Balaban J connectivity index is 1.81. The summed E-state index contributed by atoms with van der Waals surface area (Å²) in [5.41, 5.74) is 3.57. The summed E-state index contributed by atoms with van der Waals surface area (Å²) in [5.74, 6) is -1.58. The number of carbonyl (C=O) groups excluding carboxylic acids is 1. The van der Waals surface area contributed by atoms with Crippen molar-refractivity contribution in [2.24, 2.45) is 7.05 Å². The molecule has 7 heteroatoms. The van der Waals surface area contributed by atoms with Crippen LogP contribution in [0.25, 0.3) is 0 Å². The second-order valence-corrected chi connectivity index (χ2v) is 6.36. The molecule has 0 saturated carbocycles. The molecule has 0 spiro atoms. The smallest absolute Gasteiger partial charge is 0.332 e. The van der Waals surface area contributed by atoms with Crippen LogP contribution in [-0.2, 0) is 24.7 Å². The van der Waals surface area contributed by atoms with Crippen LogP contribution in [0, 0.1) is 0 Å². The summed E-state index contributed by atoms with van der Waals surface area (Å²) in [6, 6.07) is 12.1. The van der Waals surface area contributed by atoms with Gasteiger partial charge in [0.1, 0.15) is 0 Å². The molecule has 0 aliphatic carbocycles. The van der Waals surface area contributed by atoms with Gasteiger partial charge in [-0.05, 0) is 24.1 Å². The van der Waals surface area contributed by atoms with Crippen molar-refractivity contribution in [3.05, 3.63) is 76.9 Å². The van der Waals surface area contributed by atoms with Crippen LogP contribution in [0.2, 0.25) is 0 Å². The predicted octanol–water partition coefficient (Wildman–Crippen LogP) is 2.46. The Bertz CT molecular complexity index is 943. The van der Waals surface area contributed by atoms with E-state index in [2.05, 4.69) is 15.4 Å². The van der Waals surface area contributed by atoms with Crippen LogP contribution in [-0.4, -0.2) is 31.7 Å². The fourth-order valence-electron chi connectivity index (χ4n) is 3.01. The molecule has 0 bridgehead atoms. The number of H-pyrrole nitrogens is 1. The quantitative estimate of drug-likeness (QED) is 0.598. The van der Waals surface area contributed by atoms with Gasteiger partial charge < -0.3 is 15.4 Å². The average molecular weight is 366 g/mol. The van der Waals surface area contributed by atoms with Crippen LogP contribution in [0.4, 0.5) is 0 Å². The summed E-state index contributed by atoms with van der Waals surface area (Å²) in [7, 11) is 1.70. The molecule has 7 nitrogen and oxygen atoms in total. The zero-order valence-corrected chi connectivity index (χ0v) is 15.3. The van der Waals surface area contributed by atoms with E-state index in [9.17, 15) is 14.7 Å². The molecule has 1 aromatic carbocycles. The van der Waals surface area contributed by atoms with Crippen molar-refractivity contribution < 1.29 is 14.7 Å². The normalized spacial score (nSPS) is 11.9. The number of amides is 1. The Morgan fingerprint density at radius 2 is 2.00 bits per heavy atom. The lowest BCUT2D eigenvalue weighted by atomic mass is 10.1. The number of aliphatic carboxylic acids is 1. The molecule has 1 amide bonds. The molecule has 27 heavy (non-hydrogen) atoms. The lowest BCUT2D eigenvalue weighted by molar-refractivity contribution is -0.139. The molecule has 1 atom stereocenters. The van der Waals surface area contributed by atoms with E-state index in [0.717, 1.165) is 17.0 Å². The number of rotatable bonds is 7. The van der Waals surface area contributed by atoms with Gasteiger partial charge in [0.25, 0.3) is 5.91 Å². The Hall–Kier alpha value is -3.35. The number of carbonyl (C=O) groups is 2. The van der Waals surface area contributed by atoms with E-state index >= 15 is 0 Å². The molecule has 3 rings (SSSR count). The van der Waals surface area contributed by atoms with Gasteiger partial charge in [0.05, 0.1) is 11.3 Å². The Labute approximate surface area is 157 Å². The molecular weight excluding hydrogens is 344 g/mol. The van der Waals surface area contributed by atoms with Gasteiger partial charge in [0, 0.05) is 31.1 Å². The number of nitrogens with one attached hydrogen (secondary N) is 2. The first-order valence-electron chi connectivity index (χ1n) is 8.75. The third kappa shape index (κ3) is 4.25. The number of aromatic nitrogens is 3. The van der Waals surface area contributed by atoms with Gasteiger partial charge in [-0.3, -0.25) is 9.48 Å². The molecule has 0 aliphatic heterocycles. The van der Waals surface area contributed by atoms with Gasteiger partial charge in [0.2, 0.25) is 0 Å². The zero-order chi connectivity index (χ0) is 19.4. The van der Waals surface area contributed by atoms with Gasteiger partial charge in [-0.1, -0.05) is 37.3 Å². The lowest BCUT2D eigenvalue weighted by Gasteiger charge is -2.12. The molecule has 0 saturated heterocycles. The largest absolute Gasteiger partial charge is 0.479 e. The molecule has 2 heterocycles. The van der Waals surface area contributed by atoms with E-state index in [1.165, 1.54) is 4.68 Å². The van der Waals surface area contributed by atoms with Gasteiger partial charge in [0.15, 0.2) is 6.04 Å².